The summed E-state index contributed by atoms with van der Waals surface area (Å²) in [6.07, 6.45) is 4.03. The number of hydrogen-bond donors (Lipinski definition) is 1. The van der Waals surface area contributed by atoms with Crippen LogP contribution in [0.15, 0.2) is 53.6 Å². The fourth-order valence-corrected chi connectivity index (χ4v) is 3.32. The number of alkyl halides is 2. The molecular formula is C20H18ClF3N2O. The minimum absolute atomic E-state index is 0.0504. The number of fused-ring (bicyclic) bond motifs is 1. The predicted octanol–water partition coefficient (Wildman–Crippen LogP) is 5.70. The zero-order chi connectivity index (χ0) is 19.4. The van der Waals surface area contributed by atoms with Gasteiger partial charge in [0, 0.05) is 47.9 Å². The molecule has 2 heterocycles. The van der Waals surface area contributed by atoms with E-state index in [9.17, 15) is 18.0 Å². The van der Waals surface area contributed by atoms with Crippen molar-refractivity contribution in [2.24, 2.45) is 0 Å². The Morgan fingerprint density at radius 2 is 1.93 bits per heavy atom. The fraction of sp³-hybridized carbons (Fsp3) is 0.300. The second-order valence-electron chi connectivity index (χ2n) is 6.60. The minimum Gasteiger partial charge on any atom is -0.358 e. The molecule has 27 heavy (non-hydrogen) atoms. The van der Waals surface area contributed by atoms with Gasteiger partial charge in [-0.3, -0.25) is 9.78 Å². The van der Waals surface area contributed by atoms with Crippen molar-refractivity contribution in [1.29, 1.82) is 0 Å². The molecule has 1 fully saturated rings. The summed E-state index contributed by atoms with van der Waals surface area (Å²) in [4.78, 5) is 19.0. The van der Waals surface area contributed by atoms with Crippen LogP contribution in [0.4, 0.5) is 13.2 Å². The van der Waals surface area contributed by atoms with E-state index >= 15 is 0 Å². The molecule has 1 saturated carbocycles. The van der Waals surface area contributed by atoms with Crippen LogP contribution in [-0.4, -0.2) is 15.9 Å². The average Bonchev–Trinajstić information content (AvgIpc) is 2.64. The molecule has 0 amide bonds. The van der Waals surface area contributed by atoms with Gasteiger partial charge in [0.15, 0.2) is 5.43 Å². The largest absolute Gasteiger partial charge is 0.358 e. The van der Waals surface area contributed by atoms with E-state index in [1.165, 1.54) is 36.5 Å². The van der Waals surface area contributed by atoms with Crippen LogP contribution in [0.2, 0.25) is 5.02 Å². The molecule has 0 bridgehead atoms. The van der Waals surface area contributed by atoms with Crippen molar-refractivity contribution in [3.63, 3.8) is 0 Å². The number of benzene rings is 1. The van der Waals surface area contributed by atoms with Gasteiger partial charge in [-0.05, 0) is 43.2 Å². The molecule has 1 aromatic carbocycles. The van der Waals surface area contributed by atoms with Crippen LogP contribution < -0.4 is 5.43 Å². The molecule has 1 N–H and O–H groups in total. The van der Waals surface area contributed by atoms with Crippen molar-refractivity contribution >= 4 is 22.5 Å². The van der Waals surface area contributed by atoms with Crippen molar-refractivity contribution in [2.75, 3.05) is 0 Å². The molecule has 1 aliphatic carbocycles. The third kappa shape index (κ3) is 5.10. The summed E-state index contributed by atoms with van der Waals surface area (Å²) in [5.74, 6) is -3.14. The SMILES string of the molecule is Fc1ccc(Cl)cc1.O=c1cc([C@H]2CCCC(F)(F)C2)[nH]c2ccncc12. The molecule has 3 nitrogen and oxygen atoms in total. The zero-order valence-corrected chi connectivity index (χ0v) is 15.1. The third-order valence-electron chi connectivity index (χ3n) is 4.54. The Bertz CT molecular complexity index is 952. The standard InChI is InChI=1S/C14H14F2N2O.C6H4ClF/c15-14(16)4-1-2-9(7-14)12-6-13(19)10-8-17-5-3-11(10)18-12;7-5-1-3-6(8)4-2-5/h3,5-6,8-9H,1-2,4,7H2,(H,18,19);1-4H/t9-;/m0./s1. The van der Waals surface area contributed by atoms with Gasteiger partial charge in [0.25, 0.3) is 0 Å². The van der Waals surface area contributed by atoms with Gasteiger partial charge in [-0.15, -0.1) is 0 Å². The van der Waals surface area contributed by atoms with E-state index in [1.807, 2.05) is 0 Å². The Kier molecular flexibility index (Phi) is 5.85. The van der Waals surface area contributed by atoms with Crippen LogP contribution in [0.5, 0.6) is 0 Å². The molecular weight excluding hydrogens is 377 g/mol. The monoisotopic (exact) mass is 394 g/mol. The van der Waals surface area contributed by atoms with Crippen molar-refractivity contribution < 1.29 is 13.2 Å². The number of H-pyrrole nitrogens is 1. The molecule has 142 valence electrons. The number of pyridine rings is 2. The molecule has 2 aromatic heterocycles. The number of halogens is 4. The van der Waals surface area contributed by atoms with Crippen molar-refractivity contribution in [3.05, 3.63) is 75.5 Å². The number of nitrogens with zero attached hydrogens (tertiary/aromatic N) is 1. The van der Waals surface area contributed by atoms with Gasteiger partial charge in [-0.1, -0.05) is 11.6 Å². The maximum Gasteiger partial charge on any atom is 0.248 e. The Labute approximate surface area is 159 Å². The van der Waals surface area contributed by atoms with Crippen molar-refractivity contribution in [1.82, 2.24) is 9.97 Å². The predicted molar refractivity (Wildman–Crippen MR) is 99.9 cm³/mol. The maximum atomic E-state index is 13.5. The number of aromatic amines is 1. The van der Waals surface area contributed by atoms with Crippen molar-refractivity contribution in [3.8, 4) is 0 Å². The number of nitrogens with one attached hydrogen (secondary N) is 1. The summed E-state index contributed by atoms with van der Waals surface area (Å²) in [7, 11) is 0. The van der Waals surface area contributed by atoms with E-state index in [0.717, 1.165) is 0 Å². The molecule has 0 spiro atoms. The van der Waals surface area contributed by atoms with Crippen LogP contribution in [-0.2, 0) is 0 Å². The maximum absolute atomic E-state index is 13.5. The quantitative estimate of drug-likeness (QED) is 0.575. The highest BCUT2D eigenvalue weighted by molar-refractivity contribution is 6.30. The van der Waals surface area contributed by atoms with Crippen LogP contribution in [0.3, 0.4) is 0 Å². The normalized spacial score (nSPS) is 18.6. The van der Waals surface area contributed by atoms with Gasteiger partial charge in [-0.25, -0.2) is 13.2 Å². The second-order valence-corrected chi connectivity index (χ2v) is 7.03. The van der Waals surface area contributed by atoms with Crippen LogP contribution in [0.25, 0.3) is 10.9 Å². The lowest BCUT2D eigenvalue weighted by Gasteiger charge is -2.28. The topological polar surface area (TPSA) is 45.8 Å². The third-order valence-corrected chi connectivity index (χ3v) is 4.79. The van der Waals surface area contributed by atoms with Gasteiger partial charge in [0.1, 0.15) is 5.82 Å². The van der Waals surface area contributed by atoms with Crippen LogP contribution >= 0.6 is 11.6 Å². The number of aromatic nitrogens is 2. The first-order valence-corrected chi connectivity index (χ1v) is 8.98. The molecule has 4 rings (SSSR count). The molecule has 1 atom stereocenters. The smallest absolute Gasteiger partial charge is 0.248 e. The van der Waals surface area contributed by atoms with E-state index in [2.05, 4.69) is 9.97 Å². The van der Waals surface area contributed by atoms with E-state index in [1.54, 1.807) is 12.3 Å². The van der Waals surface area contributed by atoms with Gasteiger partial charge >= 0.3 is 0 Å². The lowest BCUT2D eigenvalue weighted by atomic mass is 9.84. The van der Waals surface area contributed by atoms with Gasteiger partial charge in [0.05, 0.1) is 10.9 Å². The number of rotatable bonds is 1. The van der Waals surface area contributed by atoms with Crippen molar-refractivity contribution in [2.45, 2.75) is 37.5 Å². The molecule has 0 aliphatic heterocycles. The first kappa shape index (κ1) is 19.4. The Balaban J connectivity index is 0.000000221. The number of hydrogen-bond acceptors (Lipinski definition) is 2. The summed E-state index contributed by atoms with van der Waals surface area (Å²) in [6.45, 7) is 0. The average molecular weight is 395 g/mol. The van der Waals surface area contributed by atoms with Gasteiger partial charge in [0.2, 0.25) is 5.92 Å². The highest BCUT2D eigenvalue weighted by atomic mass is 35.5. The Morgan fingerprint density at radius 1 is 1.19 bits per heavy atom. The molecule has 0 saturated heterocycles. The lowest BCUT2D eigenvalue weighted by Crippen LogP contribution is -2.26. The van der Waals surface area contributed by atoms with E-state index < -0.39 is 5.92 Å². The molecule has 0 unspecified atom stereocenters. The van der Waals surface area contributed by atoms with Crippen LogP contribution in [0, 0.1) is 5.82 Å². The Hall–Kier alpha value is -2.34. The van der Waals surface area contributed by atoms with Gasteiger partial charge in [-0.2, -0.15) is 0 Å². The molecule has 0 radical (unpaired) electrons. The summed E-state index contributed by atoms with van der Waals surface area (Å²) in [5, 5.41) is 1.06. The minimum atomic E-state index is -2.62. The summed E-state index contributed by atoms with van der Waals surface area (Å²) in [5.41, 5.74) is 1.11. The first-order valence-electron chi connectivity index (χ1n) is 8.60. The highest BCUT2D eigenvalue weighted by Gasteiger charge is 2.37. The van der Waals surface area contributed by atoms with E-state index in [4.69, 9.17) is 11.6 Å². The van der Waals surface area contributed by atoms with E-state index in [-0.39, 0.29) is 30.0 Å². The van der Waals surface area contributed by atoms with Gasteiger partial charge < -0.3 is 4.98 Å². The lowest BCUT2D eigenvalue weighted by molar-refractivity contribution is -0.0412. The first-order chi connectivity index (χ1) is 12.8. The summed E-state index contributed by atoms with van der Waals surface area (Å²) >= 11 is 5.44. The second kappa shape index (κ2) is 8.13. The van der Waals surface area contributed by atoms with E-state index in [0.29, 0.717) is 34.5 Å². The fourth-order valence-electron chi connectivity index (χ4n) is 3.20. The van der Waals surface area contributed by atoms with Crippen LogP contribution in [0.1, 0.15) is 37.3 Å². The summed E-state index contributed by atoms with van der Waals surface area (Å²) < 4.78 is 38.9. The molecule has 7 heteroatoms. The zero-order valence-electron chi connectivity index (χ0n) is 14.4. The molecule has 1 aliphatic rings. The summed E-state index contributed by atoms with van der Waals surface area (Å²) in [6, 6.07) is 8.80. The molecule has 3 aromatic rings. The Morgan fingerprint density at radius 3 is 2.59 bits per heavy atom. The highest BCUT2D eigenvalue weighted by Crippen LogP contribution is 2.41.